The monoisotopic (exact) mass is 296 g/mol. The highest BCUT2D eigenvalue weighted by Gasteiger charge is 2.08. The van der Waals surface area contributed by atoms with Crippen LogP contribution in [0.3, 0.4) is 0 Å². The van der Waals surface area contributed by atoms with Gasteiger partial charge in [0, 0.05) is 19.0 Å². The molecule has 0 aliphatic carbocycles. The second kappa shape index (κ2) is 8.94. The van der Waals surface area contributed by atoms with E-state index in [0.717, 1.165) is 0 Å². The molecule has 1 aromatic rings. The second-order valence-corrected chi connectivity index (χ2v) is 4.93. The summed E-state index contributed by atoms with van der Waals surface area (Å²) in [6.45, 7) is 2.16. The average Bonchev–Trinajstić information content (AvgIpc) is 2.40. The normalized spacial score (nSPS) is 11.7. The third-order valence-corrected chi connectivity index (χ3v) is 3.04. The molecule has 1 unspecified atom stereocenters. The molecule has 5 nitrogen and oxygen atoms in total. The molecule has 0 aliphatic rings. The molecule has 116 valence electrons. The summed E-state index contributed by atoms with van der Waals surface area (Å²) in [5.41, 5.74) is 0.562. The summed E-state index contributed by atoms with van der Waals surface area (Å²) in [5.74, 6) is -1.11. The Hall–Kier alpha value is -2.11. The highest BCUT2D eigenvalue weighted by molar-refractivity contribution is 5.74. The Morgan fingerprint density at radius 1 is 1.33 bits per heavy atom. The van der Waals surface area contributed by atoms with Crippen molar-refractivity contribution in [3.05, 3.63) is 35.6 Å². The minimum Gasteiger partial charge on any atom is -0.481 e. The van der Waals surface area contributed by atoms with Gasteiger partial charge in [-0.25, -0.2) is 9.18 Å². The van der Waals surface area contributed by atoms with Crippen LogP contribution in [0.5, 0.6) is 0 Å². The first-order chi connectivity index (χ1) is 9.99. The molecule has 1 atom stereocenters. The van der Waals surface area contributed by atoms with Gasteiger partial charge in [0.2, 0.25) is 0 Å². The number of carboxylic acid groups (broad SMARTS) is 1. The summed E-state index contributed by atoms with van der Waals surface area (Å²) in [4.78, 5) is 22.0. The molecule has 6 heteroatoms. The SMILES string of the molecule is CC(CCCC(=O)O)NC(=O)NCCc1ccccc1F. The maximum Gasteiger partial charge on any atom is 0.315 e. The average molecular weight is 296 g/mol. The summed E-state index contributed by atoms with van der Waals surface area (Å²) < 4.78 is 13.4. The van der Waals surface area contributed by atoms with E-state index in [2.05, 4.69) is 10.6 Å². The predicted molar refractivity (Wildman–Crippen MR) is 77.6 cm³/mol. The van der Waals surface area contributed by atoms with Crippen molar-refractivity contribution in [1.82, 2.24) is 10.6 Å². The van der Waals surface area contributed by atoms with Gasteiger partial charge in [-0.05, 0) is 37.8 Å². The number of hydrogen-bond donors (Lipinski definition) is 3. The number of benzene rings is 1. The van der Waals surface area contributed by atoms with Gasteiger partial charge in [-0.2, -0.15) is 0 Å². The van der Waals surface area contributed by atoms with Crippen molar-refractivity contribution in [2.75, 3.05) is 6.54 Å². The van der Waals surface area contributed by atoms with Crippen LogP contribution < -0.4 is 10.6 Å². The predicted octanol–water partition coefficient (Wildman–Crippen LogP) is 2.31. The van der Waals surface area contributed by atoms with Crippen LogP contribution in [0.1, 0.15) is 31.7 Å². The van der Waals surface area contributed by atoms with Crippen molar-refractivity contribution in [2.24, 2.45) is 0 Å². The molecule has 3 N–H and O–H groups in total. The van der Waals surface area contributed by atoms with Gasteiger partial charge in [-0.3, -0.25) is 4.79 Å². The van der Waals surface area contributed by atoms with Gasteiger partial charge in [0.25, 0.3) is 0 Å². The lowest BCUT2D eigenvalue weighted by Crippen LogP contribution is -2.41. The molecule has 0 fully saturated rings. The van der Waals surface area contributed by atoms with E-state index in [1.807, 2.05) is 6.92 Å². The molecule has 0 saturated carbocycles. The van der Waals surface area contributed by atoms with Crippen molar-refractivity contribution in [1.29, 1.82) is 0 Å². The highest BCUT2D eigenvalue weighted by Crippen LogP contribution is 2.06. The molecule has 0 spiro atoms. The zero-order valence-corrected chi connectivity index (χ0v) is 12.1. The summed E-state index contributed by atoms with van der Waals surface area (Å²) in [6.07, 6.45) is 1.65. The zero-order valence-electron chi connectivity index (χ0n) is 12.1. The highest BCUT2D eigenvalue weighted by atomic mass is 19.1. The topological polar surface area (TPSA) is 78.4 Å². The van der Waals surface area contributed by atoms with Gasteiger partial charge in [0.05, 0.1) is 0 Å². The Labute approximate surface area is 123 Å². The van der Waals surface area contributed by atoms with Crippen LogP contribution in [0, 0.1) is 5.82 Å². The number of carbonyl (C=O) groups excluding carboxylic acids is 1. The largest absolute Gasteiger partial charge is 0.481 e. The van der Waals surface area contributed by atoms with E-state index >= 15 is 0 Å². The van der Waals surface area contributed by atoms with Gasteiger partial charge in [0.1, 0.15) is 5.82 Å². The number of urea groups is 1. The smallest absolute Gasteiger partial charge is 0.315 e. The summed E-state index contributed by atoms with van der Waals surface area (Å²) in [6, 6.07) is 6.02. The van der Waals surface area contributed by atoms with Gasteiger partial charge < -0.3 is 15.7 Å². The number of carbonyl (C=O) groups is 2. The summed E-state index contributed by atoms with van der Waals surface area (Å²) >= 11 is 0. The third-order valence-electron chi connectivity index (χ3n) is 3.04. The number of aliphatic carboxylic acids is 1. The molecule has 0 saturated heterocycles. The molecule has 21 heavy (non-hydrogen) atoms. The lowest BCUT2D eigenvalue weighted by atomic mass is 10.1. The minimum absolute atomic E-state index is 0.0981. The molecular weight excluding hydrogens is 275 g/mol. The standard InChI is InChI=1S/C15H21FN2O3/c1-11(5-4-8-14(19)20)18-15(21)17-10-9-12-6-2-3-7-13(12)16/h2-3,6-7,11H,4-5,8-10H2,1H3,(H,19,20)(H2,17,18,21). The van der Waals surface area contributed by atoms with E-state index in [-0.39, 0.29) is 24.3 Å². The lowest BCUT2D eigenvalue weighted by Gasteiger charge is -2.14. The molecule has 2 amide bonds. The maximum absolute atomic E-state index is 13.4. The van der Waals surface area contributed by atoms with E-state index in [1.165, 1.54) is 6.07 Å². The van der Waals surface area contributed by atoms with E-state index < -0.39 is 5.97 Å². The number of halogens is 1. The zero-order chi connectivity index (χ0) is 15.7. The quantitative estimate of drug-likeness (QED) is 0.689. The fourth-order valence-corrected chi connectivity index (χ4v) is 1.92. The lowest BCUT2D eigenvalue weighted by molar-refractivity contribution is -0.137. The van der Waals surface area contributed by atoms with Crippen molar-refractivity contribution in [2.45, 2.75) is 38.6 Å². The Morgan fingerprint density at radius 2 is 2.05 bits per heavy atom. The van der Waals surface area contributed by atoms with Crippen LogP contribution in [-0.2, 0) is 11.2 Å². The summed E-state index contributed by atoms with van der Waals surface area (Å²) in [7, 11) is 0. The van der Waals surface area contributed by atoms with Crippen LogP contribution in [-0.4, -0.2) is 29.7 Å². The van der Waals surface area contributed by atoms with E-state index in [1.54, 1.807) is 18.2 Å². The van der Waals surface area contributed by atoms with Crippen molar-refractivity contribution < 1.29 is 19.1 Å². The van der Waals surface area contributed by atoms with Crippen LogP contribution in [0.4, 0.5) is 9.18 Å². The molecule has 0 radical (unpaired) electrons. The Morgan fingerprint density at radius 3 is 2.71 bits per heavy atom. The maximum atomic E-state index is 13.4. The minimum atomic E-state index is -0.837. The molecule has 0 bridgehead atoms. The molecule has 1 aromatic carbocycles. The first-order valence-electron chi connectivity index (χ1n) is 6.98. The number of hydrogen-bond acceptors (Lipinski definition) is 2. The van der Waals surface area contributed by atoms with E-state index in [0.29, 0.717) is 31.4 Å². The number of rotatable bonds is 8. The Bertz CT molecular complexity index is 480. The van der Waals surface area contributed by atoms with Crippen LogP contribution >= 0.6 is 0 Å². The molecule has 1 rings (SSSR count). The van der Waals surface area contributed by atoms with Gasteiger partial charge in [-0.15, -0.1) is 0 Å². The molecular formula is C15H21FN2O3. The Kier molecular flexibility index (Phi) is 7.21. The molecule has 0 aliphatic heterocycles. The first kappa shape index (κ1) is 16.9. The van der Waals surface area contributed by atoms with E-state index in [4.69, 9.17) is 5.11 Å². The third kappa shape index (κ3) is 7.29. The second-order valence-electron chi connectivity index (χ2n) is 4.93. The first-order valence-corrected chi connectivity index (χ1v) is 6.98. The fourth-order valence-electron chi connectivity index (χ4n) is 1.92. The summed E-state index contributed by atoms with van der Waals surface area (Å²) in [5, 5.41) is 13.9. The Balaban J connectivity index is 2.19. The van der Waals surface area contributed by atoms with Crippen LogP contribution in [0.25, 0.3) is 0 Å². The molecule has 0 heterocycles. The van der Waals surface area contributed by atoms with Crippen molar-refractivity contribution in [3.8, 4) is 0 Å². The van der Waals surface area contributed by atoms with Crippen LogP contribution in [0.15, 0.2) is 24.3 Å². The van der Waals surface area contributed by atoms with Gasteiger partial charge >= 0.3 is 12.0 Å². The van der Waals surface area contributed by atoms with Crippen molar-refractivity contribution >= 4 is 12.0 Å². The van der Waals surface area contributed by atoms with Crippen LogP contribution in [0.2, 0.25) is 0 Å². The van der Waals surface area contributed by atoms with Crippen molar-refractivity contribution in [3.63, 3.8) is 0 Å². The number of nitrogens with one attached hydrogen (secondary N) is 2. The number of carboxylic acids is 1. The van der Waals surface area contributed by atoms with E-state index in [9.17, 15) is 14.0 Å². The fraction of sp³-hybridized carbons (Fsp3) is 0.467. The number of amides is 2. The van der Waals surface area contributed by atoms with Gasteiger partial charge in [-0.1, -0.05) is 18.2 Å². The van der Waals surface area contributed by atoms with Gasteiger partial charge in [0.15, 0.2) is 0 Å². The molecule has 0 aromatic heterocycles.